The highest BCUT2D eigenvalue weighted by Crippen LogP contribution is 2.27. The fourth-order valence-electron chi connectivity index (χ4n) is 2.16. The number of hydrogen-bond acceptors (Lipinski definition) is 2. The Kier molecular flexibility index (Phi) is 4.13. The predicted octanol–water partition coefficient (Wildman–Crippen LogP) is 3.72. The second-order valence-corrected chi connectivity index (χ2v) is 4.73. The molecule has 0 fully saturated rings. The highest BCUT2D eigenvalue weighted by Gasteiger charge is 2.08. The maximum absolute atomic E-state index is 13.3. The SMILES string of the molecule is CCc1cc(F)ccc1-c1cnc(NC(C)=O)c(C)c1. The van der Waals surface area contributed by atoms with E-state index in [1.165, 1.54) is 13.0 Å². The number of anilines is 1. The molecule has 0 bridgehead atoms. The molecule has 0 saturated heterocycles. The highest BCUT2D eigenvalue weighted by atomic mass is 19.1. The van der Waals surface area contributed by atoms with Crippen molar-refractivity contribution in [2.45, 2.75) is 27.2 Å². The Morgan fingerprint density at radius 1 is 1.35 bits per heavy atom. The molecule has 1 heterocycles. The number of nitrogens with zero attached hydrogens (tertiary/aromatic N) is 1. The van der Waals surface area contributed by atoms with Crippen molar-refractivity contribution in [3.05, 3.63) is 47.4 Å². The molecule has 0 atom stereocenters. The van der Waals surface area contributed by atoms with Crippen LogP contribution in [-0.2, 0) is 11.2 Å². The van der Waals surface area contributed by atoms with Crippen molar-refractivity contribution in [3.63, 3.8) is 0 Å². The third kappa shape index (κ3) is 3.02. The van der Waals surface area contributed by atoms with Gasteiger partial charge in [0.05, 0.1) is 0 Å². The van der Waals surface area contributed by atoms with E-state index in [4.69, 9.17) is 0 Å². The minimum Gasteiger partial charge on any atom is -0.311 e. The second-order valence-electron chi connectivity index (χ2n) is 4.73. The lowest BCUT2D eigenvalue weighted by molar-refractivity contribution is -0.114. The summed E-state index contributed by atoms with van der Waals surface area (Å²) in [6.45, 7) is 5.32. The number of amides is 1. The van der Waals surface area contributed by atoms with Crippen LogP contribution >= 0.6 is 0 Å². The van der Waals surface area contributed by atoms with Crippen LogP contribution in [0, 0.1) is 12.7 Å². The van der Waals surface area contributed by atoms with Gasteiger partial charge < -0.3 is 5.32 Å². The molecule has 1 amide bonds. The lowest BCUT2D eigenvalue weighted by atomic mass is 9.98. The molecule has 4 heteroatoms. The molecule has 104 valence electrons. The van der Waals surface area contributed by atoms with E-state index < -0.39 is 0 Å². The van der Waals surface area contributed by atoms with Crippen LogP contribution in [0.3, 0.4) is 0 Å². The van der Waals surface area contributed by atoms with Crippen molar-refractivity contribution in [3.8, 4) is 11.1 Å². The average Bonchev–Trinajstić information content (AvgIpc) is 2.40. The zero-order chi connectivity index (χ0) is 14.7. The van der Waals surface area contributed by atoms with E-state index in [-0.39, 0.29) is 11.7 Å². The number of halogens is 1. The Morgan fingerprint density at radius 3 is 2.70 bits per heavy atom. The molecule has 0 unspecified atom stereocenters. The second kappa shape index (κ2) is 5.82. The Hall–Kier alpha value is -2.23. The van der Waals surface area contributed by atoms with Crippen molar-refractivity contribution >= 4 is 11.7 Å². The van der Waals surface area contributed by atoms with Crippen LogP contribution in [0.25, 0.3) is 11.1 Å². The van der Waals surface area contributed by atoms with Gasteiger partial charge in [-0.3, -0.25) is 4.79 Å². The monoisotopic (exact) mass is 272 g/mol. The summed E-state index contributed by atoms with van der Waals surface area (Å²) in [7, 11) is 0. The van der Waals surface area contributed by atoms with E-state index in [1.54, 1.807) is 18.3 Å². The number of nitrogens with one attached hydrogen (secondary N) is 1. The number of carbonyl (C=O) groups is 1. The molecule has 0 aliphatic carbocycles. The summed E-state index contributed by atoms with van der Waals surface area (Å²) in [5, 5.41) is 2.68. The molecule has 2 rings (SSSR count). The maximum Gasteiger partial charge on any atom is 0.222 e. The Bertz CT molecular complexity index is 653. The van der Waals surface area contributed by atoms with E-state index in [9.17, 15) is 9.18 Å². The lowest BCUT2D eigenvalue weighted by Crippen LogP contribution is -2.08. The third-order valence-electron chi connectivity index (χ3n) is 3.13. The third-order valence-corrected chi connectivity index (χ3v) is 3.13. The summed E-state index contributed by atoms with van der Waals surface area (Å²) in [4.78, 5) is 15.3. The summed E-state index contributed by atoms with van der Waals surface area (Å²) in [5.41, 5.74) is 3.72. The maximum atomic E-state index is 13.3. The van der Waals surface area contributed by atoms with Gasteiger partial charge in [0.25, 0.3) is 0 Å². The molecule has 1 N–H and O–H groups in total. The number of benzene rings is 1. The van der Waals surface area contributed by atoms with Crippen LogP contribution in [0.1, 0.15) is 25.0 Å². The predicted molar refractivity (Wildman–Crippen MR) is 78.0 cm³/mol. The van der Waals surface area contributed by atoms with Crippen molar-refractivity contribution in [1.29, 1.82) is 0 Å². The molecular formula is C16H17FN2O. The topological polar surface area (TPSA) is 42.0 Å². The first kappa shape index (κ1) is 14.2. The molecule has 0 radical (unpaired) electrons. The van der Waals surface area contributed by atoms with Gasteiger partial charge in [-0.15, -0.1) is 0 Å². The lowest BCUT2D eigenvalue weighted by Gasteiger charge is -2.11. The molecule has 3 nitrogen and oxygen atoms in total. The van der Waals surface area contributed by atoms with E-state index in [0.29, 0.717) is 5.82 Å². The molecule has 0 aliphatic heterocycles. The molecular weight excluding hydrogens is 255 g/mol. The first-order valence-corrected chi connectivity index (χ1v) is 6.54. The average molecular weight is 272 g/mol. The quantitative estimate of drug-likeness (QED) is 0.925. The van der Waals surface area contributed by atoms with Crippen LogP contribution in [0.2, 0.25) is 0 Å². The molecule has 2 aromatic rings. The normalized spacial score (nSPS) is 10.4. The van der Waals surface area contributed by atoms with Crippen molar-refractivity contribution in [2.75, 3.05) is 5.32 Å². The van der Waals surface area contributed by atoms with Crippen LogP contribution in [0.15, 0.2) is 30.5 Å². The Balaban J connectivity index is 2.44. The first-order valence-electron chi connectivity index (χ1n) is 6.54. The van der Waals surface area contributed by atoms with Gasteiger partial charge in [-0.25, -0.2) is 9.37 Å². The van der Waals surface area contributed by atoms with Gasteiger partial charge in [0.1, 0.15) is 11.6 Å². The van der Waals surface area contributed by atoms with Gasteiger partial charge in [0.2, 0.25) is 5.91 Å². The highest BCUT2D eigenvalue weighted by molar-refractivity contribution is 5.88. The summed E-state index contributed by atoms with van der Waals surface area (Å²) in [5.74, 6) is 0.177. The van der Waals surface area contributed by atoms with Crippen LogP contribution in [0.5, 0.6) is 0 Å². The first-order chi connectivity index (χ1) is 9.51. The molecule has 1 aromatic heterocycles. The minimum atomic E-state index is -0.231. The summed E-state index contributed by atoms with van der Waals surface area (Å²) >= 11 is 0. The van der Waals surface area contributed by atoms with Crippen LogP contribution < -0.4 is 5.32 Å². The van der Waals surface area contributed by atoms with Gasteiger partial charge >= 0.3 is 0 Å². The van der Waals surface area contributed by atoms with Crippen LogP contribution in [0.4, 0.5) is 10.2 Å². The number of pyridine rings is 1. The van der Waals surface area contributed by atoms with Gasteiger partial charge in [-0.1, -0.05) is 13.0 Å². The van der Waals surface area contributed by atoms with Gasteiger partial charge in [-0.2, -0.15) is 0 Å². The molecule has 0 saturated carbocycles. The van der Waals surface area contributed by atoms with Crippen molar-refractivity contribution in [2.24, 2.45) is 0 Å². The molecule has 20 heavy (non-hydrogen) atoms. The van der Waals surface area contributed by atoms with Crippen LogP contribution in [-0.4, -0.2) is 10.9 Å². The Morgan fingerprint density at radius 2 is 2.10 bits per heavy atom. The molecule has 1 aromatic carbocycles. The van der Waals surface area contributed by atoms with Gasteiger partial charge in [0, 0.05) is 18.7 Å². The van der Waals surface area contributed by atoms with E-state index >= 15 is 0 Å². The zero-order valence-corrected chi connectivity index (χ0v) is 11.8. The number of carbonyl (C=O) groups excluding carboxylic acids is 1. The smallest absolute Gasteiger partial charge is 0.222 e. The summed E-state index contributed by atoms with van der Waals surface area (Å²) < 4.78 is 13.3. The van der Waals surface area contributed by atoms with Crippen molar-refractivity contribution in [1.82, 2.24) is 4.98 Å². The number of rotatable bonds is 3. The fraction of sp³-hybridized carbons (Fsp3) is 0.250. The van der Waals surface area contributed by atoms with E-state index in [1.807, 2.05) is 19.9 Å². The molecule has 0 aliphatic rings. The number of hydrogen-bond donors (Lipinski definition) is 1. The van der Waals surface area contributed by atoms with Gasteiger partial charge in [0.15, 0.2) is 0 Å². The largest absolute Gasteiger partial charge is 0.311 e. The zero-order valence-electron chi connectivity index (χ0n) is 11.8. The van der Waals surface area contributed by atoms with E-state index in [2.05, 4.69) is 10.3 Å². The summed E-state index contributed by atoms with van der Waals surface area (Å²) in [6.07, 6.45) is 2.45. The molecule has 0 spiro atoms. The minimum absolute atomic E-state index is 0.149. The number of aryl methyl sites for hydroxylation is 2. The standard InChI is InChI=1S/C16H17FN2O/c1-4-12-8-14(17)5-6-15(12)13-7-10(2)16(18-9-13)19-11(3)20/h5-9H,4H2,1-3H3,(H,18,19,20). The van der Waals surface area contributed by atoms with E-state index in [0.717, 1.165) is 28.7 Å². The van der Waals surface area contributed by atoms with Crippen molar-refractivity contribution < 1.29 is 9.18 Å². The summed E-state index contributed by atoms with van der Waals surface area (Å²) in [6, 6.07) is 6.71. The van der Waals surface area contributed by atoms with Gasteiger partial charge in [-0.05, 0) is 48.2 Å². The number of aromatic nitrogens is 1. The fourth-order valence-corrected chi connectivity index (χ4v) is 2.16. The Labute approximate surface area is 117 Å².